The van der Waals surface area contributed by atoms with Gasteiger partial charge < -0.3 is 19.5 Å². The van der Waals surface area contributed by atoms with Crippen molar-refractivity contribution >= 4 is 23.7 Å². The summed E-state index contributed by atoms with van der Waals surface area (Å²) in [6, 6.07) is 8.19. The van der Waals surface area contributed by atoms with Gasteiger partial charge in [-0.05, 0) is 30.3 Å². The maximum absolute atomic E-state index is 12.8. The van der Waals surface area contributed by atoms with Crippen LogP contribution in [-0.4, -0.2) is 39.4 Å². The molecule has 8 nitrogen and oxygen atoms in total. The van der Waals surface area contributed by atoms with Crippen LogP contribution in [0.3, 0.4) is 0 Å². The quantitative estimate of drug-likeness (QED) is 0.457. The fourth-order valence-corrected chi connectivity index (χ4v) is 2.09. The summed E-state index contributed by atoms with van der Waals surface area (Å²) in [5.74, 6) is -1.05. The molecule has 142 valence electrons. The molecular weight excluding hydrogens is 357 g/mol. The van der Waals surface area contributed by atoms with Gasteiger partial charge in [0.2, 0.25) is 0 Å². The number of hydrogen-bond donors (Lipinski definition) is 2. The molecule has 2 aromatic carbocycles. The molecule has 0 fully saturated rings. The summed E-state index contributed by atoms with van der Waals surface area (Å²) in [6.07, 6.45) is 1.30. The second-order valence-electron chi connectivity index (χ2n) is 5.11. The lowest BCUT2D eigenvalue weighted by Crippen LogP contribution is -2.32. The van der Waals surface area contributed by atoms with E-state index in [1.807, 2.05) is 0 Å². The zero-order valence-corrected chi connectivity index (χ0v) is 14.9. The minimum Gasteiger partial charge on any atom is -0.496 e. The highest BCUT2D eigenvalue weighted by Crippen LogP contribution is 2.33. The van der Waals surface area contributed by atoms with Crippen molar-refractivity contribution in [3.8, 4) is 17.2 Å². The van der Waals surface area contributed by atoms with Crippen molar-refractivity contribution in [3.05, 3.63) is 47.8 Å². The first-order valence-corrected chi connectivity index (χ1v) is 7.68. The Labute approximate surface area is 154 Å². The van der Waals surface area contributed by atoms with Crippen LogP contribution in [0.4, 0.5) is 10.1 Å². The highest BCUT2D eigenvalue weighted by Gasteiger charge is 2.14. The molecular formula is C18H18FN3O5. The molecule has 0 aliphatic rings. The van der Waals surface area contributed by atoms with Gasteiger partial charge in [-0.3, -0.25) is 9.59 Å². The van der Waals surface area contributed by atoms with Crippen LogP contribution in [-0.2, 0) is 9.59 Å². The second-order valence-corrected chi connectivity index (χ2v) is 5.11. The van der Waals surface area contributed by atoms with E-state index in [1.54, 1.807) is 12.1 Å². The minimum absolute atomic E-state index is 0.280. The maximum atomic E-state index is 12.8. The first-order chi connectivity index (χ1) is 13.0. The summed E-state index contributed by atoms with van der Waals surface area (Å²) in [7, 11) is 4.44. The molecule has 9 heteroatoms. The highest BCUT2D eigenvalue weighted by molar-refractivity contribution is 6.39. The van der Waals surface area contributed by atoms with Gasteiger partial charge in [-0.15, -0.1) is 0 Å². The van der Waals surface area contributed by atoms with Crippen molar-refractivity contribution in [2.45, 2.75) is 0 Å². The van der Waals surface area contributed by atoms with Crippen molar-refractivity contribution < 1.29 is 28.2 Å². The number of benzene rings is 2. The number of nitrogens with one attached hydrogen (secondary N) is 2. The topological polar surface area (TPSA) is 98.2 Å². The van der Waals surface area contributed by atoms with Crippen LogP contribution in [0.15, 0.2) is 41.5 Å². The van der Waals surface area contributed by atoms with Crippen molar-refractivity contribution in [2.75, 3.05) is 26.6 Å². The van der Waals surface area contributed by atoms with E-state index in [4.69, 9.17) is 14.2 Å². The van der Waals surface area contributed by atoms with Gasteiger partial charge in [-0.25, -0.2) is 9.82 Å². The lowest BCUT2D eigenvalue weighted by atomic mass is 10.2. The summed E-state index contributed by atoms with van der Waals surface area (Å²) in [5, 5.41) is 6.06. The molecule has 0 saturated heterocycles. The molecule has 0 aliphatic carbocycles. The Balaban J connectivity index is 2.04. The van der Waals surface area contributed by atoms with Crippen molar-refractivity contribution in [2.24, 2.45) is 5.10 Å². The summed E-state index contributed by atoms with van der Waals surface area (Å²) in [6.45, 7) is 0. The number of nitrogens with zero attached hydrogens (tertiary/aromatic N) is 1. The Morgan fingerprint density at radius 1 is 0.926 bits per heavy atom. The van der Waals surface area contributed by atoms with Crippen LogP contribution in [0.1, 0.15) is 5.56 Å². The van der Waals surface area contributed by atoms with E-state index in [2.05, 4.69) is 15.8 Å². The van der Waals surface area contributed by atoms with Crippen molar-refractivity contribution in [3.63, 3.8) is 0 Å². The molecule has 0 spiro atoms. The lowest BCUT2D eigenvalue weighted by Gasteiger charge is -2.11. The Morgan fingerprint density at radius 3 is 2.11 bits per heavy atom. The third-order valence-corrected chi connectivity index (χ3v) is 3.41. The Bertz CT molecular complexity index is 853. The van der Waals surface area contributed by atoms with Crippen LogP contribution in [0.25, 0.3) is 0 Å². The van der Waals surface area contributed by atoms with Gasteiger partial charge in [0.25, 0.3) is 0 Å². The molecule has 0 aliphatic heterocycles. The third kappa shape index (κ3) is 5.18. The minimum atomic E-state index is -0.991. The first-order valence-electron chi connectivity index (χ1n) is 7.68. The number of ether oxygens (including phenoxy) is 3. The van der Waals surface area contributed by atoms with Crippen LogP contribution < -0.4 is 25.0 Å². The zero-order chi connectivity index (χ0) is 19.8. The van der Waals surface area contributed by atoms with Gasteiger partial charge in [-0.1, -0.05) is 0 Å². The molecule has 2 N–H and O–H groups in total. The Kier molecular flexibility index (Phi) is 6.70. The number of rotatable bonds is 6. The molecule has 0 saturated carbocycles. The first kappa shape index (κ1) is 19.7. The molecule has 2 rings (SSSR count). The third-order valence-electron chi connectivity index (χ3n) is 3.41. The zero-order valence-electron chi connectivity index (χ0n) is 14.9. The molecule has 27 heavy (non-hydrogen) atoms. The number of hydrazone groups is 1. The van der Waals surface area contributed by atoms with Crippen LogP contribution >= 0.6 is 0 Å². The average molecular weight is 375 g/mol. The smallest absolute Gasteiger partial charge is 0.329 e. The molecule has 0 heterocycles. The average Bonchev–Trinajstić information content (AvgIpc) is 2.68. The number of carbonyl (C=O) groups excluding carboxylic acids is 2. The van der Waals surface area contributed by atoms with Gasteiger partial charge in [0.1, 0.15) is 11.6 Å². The van der Waals surface area contributed by atoms with E-state index < -0.39 is 17.6 Å². The molecule has 0 aromatic heterocycles. The van der Waals surface area contributed by atoms with Gasteiger partial charge in [-0.2, -0.15) is 5.10 Å². The van der Waals surface area contributed by atoms with E-state index in [-0.39, 0.29) is 5.69 Å². The Morgan fingerprint density at radius 2 is 1.52 bits per heavy atom. The van der Waals surface area contributed by atoms with Gasteiger partial charge in [0.05, 0.1) is 27.5 Å². The predicted octanol–water partition coefficient (Wildman–Crippen LogP) is 1.94. The van der Waals surface area contributed by atoms with E-state index in [1.165, 1.54) is 39.7 Å². The number of hydrogen-bond acceptors (Lipinski definition) is 6. The standard InChI is InChI=1S/C18H18FN3O5/c1-25-14-9-16(27-3)15(26-2)8-11(14)10-20-22-18(24)17(23)21-13-6-4-12(19)5-7-13/h4-10H,1-3H3,(H,21,23)(H,22,24)/b20-10-. The van der Waals surface area contributed by atoms with Crippen LogP contribution in [0, 0.1) is 5.82 Å². The summed E-state index contributed by atoms with van der Waals surface area (Å²) in [4.78, 5) is 23.6. The number of carbonyl (C=O) groups is 2. The number of methoxy groups -OCH3 is 3. The molecule has 2 aromatic rings. The molecule has 2 amide bonds. The largest absolute Gasteiger partial charge is 0.496 e. The number of amides is 2. The normalized spacial score (nSPS) is 10.4. The van der Waals surface area contributed by atoms with E-state index in [0.717, 1.165) is 12.1 Å². The van der Waals surface area contributed by atoms with Gasteiger partial charge >= 0.3 is 11.8 Å². The molecule has 0 unspecified atom stereocenters. The van der Waals surface area contributed by atoms with Crippen LogP contribution in [0.5, 0.6) is 17.2 Å². The van der Waals surface area contributed by atoms with E-state index >= 15 is 0 Å². The maximum Gasteiger partial charge on any atom is 0.329 e. The molecule has 0 bridgehead atoms. The van der Waals surface area contributed by atoms with Gasteiger partial charge in [0.15, 0.2) is 11.5 Å². The fourth-order valence-electron chi connectivity index (χ4n) is 2.09. The monoisotopic (exact) mass is 375 g/mol. The fraction of sp³-hybridized carbons (Fsp3) is 0.167. The Hall–Kier alpha value is -3.62. The number of anilines is 1. The van der Waals surface area contributed by atoms with Crippen molar-refractivity contribution in [1.82, 2.24) is 5.43 Å². The van der Waals surface area contributed by atoms with Crippen LogP contribution in [0.2, 0.25) is 0 Å². The lowest BCUT2D eigenvalue weighted by molar-refractivity contribution is -0.136. The van der Waals surface area contributed by atoms with Gasteiger partial charge in [0, 0.05) is 17.3 Å². The second kappa shape index (κ2) is 9.18. The molecule has 0 atom stereocenters. The van der Waals surface area contributed by atoms with Crippen molar-refractivity contribution in [1.29, 1.82) is 0 Å². The van der Waals surface area contributed by atoms with E-state index in [9.17, 15) is 14.0 Å². The SMILES string of the molecule is COc1cc(OC)c(OC)cc1/C=N\NC(=O)C(=O)Nc1ccc(F)cc1. The number of halogens is 1. The van der Waals surface area contributed by atoms with E-state index in [0.29, 0.717) is 22.8 Å². The predicted molar refractivity (Wildman–Crippen MR) is 96.9 cm³/mol. The highest BCUT2D eigenvalue weighted by atomic mass is 19.1. The summed E-state index contributed by atoms with van der Waals surface area (Å²) >= 11 is 0. The summed E-state index contributed by atoms with van der Waals surface area (Å²) < 4.78 is 28.4. The summed E-state index contributed by atoms with van der Waals surface area (Å²) in [5.41, 5.74) is 2.87. The molecule has 0 radical (unpaired) electrons.